The van der Waals surface area contributed by atoms with Crippen LogP contribution in [0.2, 0.25) is 0 Å². The molecule has 3 atom stereocenters. The van der Waals surface area contributed by atoms with Gasteiger partial charge >= 0.3 is 19.8 Å². The van der Waals surface area contributed by atoms with E-state index in [-0.39, 0.29) is 12.8 Å². The molecule has 11 nitrogen and oxygen atoms in total. The number of esters is 1. The van der Waals surface area contributed by atoms with E-state index in [2.05, 4.69) is 92.1 Å². The summed E-state index contributed by atoms with van der Waals surface area (Å²) in [7, 11) is -4.78. The van der Waals surface area contributed by atoms with E-state index in [1.807, 2.05) is 0 Å². The number of carbonyl (C=O) groups is 3. The number of aliphatic carboxylic acids is 1. The Morgan fingerprint density at radius 3 is 1.23 bits per heavy atom. The maximum absolute atomic E-state index is 12.4. The second kappa shape index (κ2) is 53.2. The Kier molecular flexibility index (Phi) is 50.9. The van der Waals surface area contributed by atoms with Crippen molar-refractivity contribution in [3.8, 4) is 0 Å². The van der Waals surface area contributed by atoms with Crippen LogP contribution in [0.15, 0.2) is 72.9 Å². The van der Waals surface area contributed by atoms with Crippen molar-refractivity contribution in [2.45, 2.75) is 264 Å². The minimum Gasteiger partial charge on any atom is -0.480 e. The number of phosphoric ester groups is 1. The number of phosphoric acid groups is 1. The third-order valence-corrected chi connectivity index (χ3v) is 13.2. The van der Waals surface area contributed by atoms with Gasteiger partial charge in [0.15, 0.2) is 6.04 Å². The molecule has 0 saturated carbocycles. The number of ether oxygens (including phenoxy) is 1. The number of aliphatic hydroxyl groups excluding tert-OH is 1. The predicted octanol–water partition coefficient (Wildman–Crippen LogP) is 16.4. The normalized spacial score (nSPS) is 14.0. The minimum atomic E-state index is -4.78. The molecule has 0 aliphatic heterocycles. The molecule has 0 aliphatic carbocycles. The molecule has 12 heteroatoms. The molecular weight excluding hydrogens is 914 g/mol. The molecule has 410 valence electrons. The Balaban J connectivity index is 3.82. The second-order valence-electron chi connectivity index (χ2n) is 19.1. The summed E-state index contributed by atoms with van der Waals surface area (Å²) in [6, 6.07) is -1.55. The number of allylic oxidation sites excluding steroid dienone is 12. The first-order chi connectivity index (χ1) is 34.6. The molecular formula is C59H104NO10P. The topological polar surface area (TPSA) is 169 Å². The first kappa shape index (κ1) is 67.9. The number of nitrogens with one attached hydrogen (secondary N) is 1. The molecule has 0 aliphatic rings. The Bertz CT molecular complexity index is 1470. The maximum atomic E-state index is 12.4. The van der Waals surface area contributed by atoms with Gasteiger partial charge in [0.2, 0.25) is 5.91 Å². The van der Waals surface area contributed by atoms with E-state index in [0.29, 0.717) is 12.8 Å². The highest BCUT2D eigenvalue weighted by Gasteiger charge is 2.28. The lowest BCUT2D eigenvalue weighted by Crippen LogP contribution is -2.43. The molecule has 0 spiro atoms. The molecule has 0 bridgehead atoms. The van der Waals surface area contributed by atoms with Crippen molar-refractivity contribution >= 4 is 25.7 Å². The van der Waals surface area contributed by atoms with E-state index < -0.39 is 57.6 Å². The molecule has 0 rings (SSSR count). The van der Waals surface area contributed by atoms with Gasteiger partial charge in [-0.15, -0.1) is 0 Å². The van der Waals surface area contributed by atoms with E-state index in [4.69, 9.17) is 13.8 Å². The monoisotopic (exact) mass is 1020 g/mol. The van der Waals surface area contributed by atoms with Crippen molar-refractivity contribution in [1.29, 1.82) is 0 Å². The SMILES string of the molecule is CC/C=C\C/C=C\C/C=C\C/C=C\C/C=C\C/C=C\CCCCCCC(=O)OCC(O)COP(=O)(O)OCC(NC(=O)CCCCCCCCCCCCCCCCCCCCCCCCCC)C(=O)O. The summed E-state index contributed by atoms with van der Waals surface area (Å²) in [5, 5.41) is 22.0. The van der Waals surface area contributed by atoms with Crippen LogP contribution in [-0.2, 0) is 32.7 Å². The number of amides is 1. The molecule has 1 amide bonds. The van der Waals surface area contributed by atoms with Gasteiger partial charge in [-0.25, -0.2) is 9.36 Å². The molecule has 0 saturated heterocycles. The van der Waals surface area contributed by atoms with Crippen LogP contribution in [0.3, 0.4) is 0 Å². The van der Waals surface area contributed by atoms with Crippen LogP contribution in [0.1, 0.15) is 251 Å². The summed E-state index contributed by atoms with van der Waals surface area (Å²) in [4.78, 5) is 46.3. The van der Waals surface area contributed by atoms with E-state index in [0.717, 1.165) is 83.5 Å². The van der Waals surface area contributed by atoms with Crippen LogP contribution in [0.25, 0.3) is 0 Å². The van der Waals surface area contributed by atoms with Gasteiger partial charge in [-0.05, 0) is 64.2 Å². The average Bonchev–Trinajstić information content (AvgIpc) is 3.35. The van der Waals surface area contributed by atoms with Crippen molar-refractivity contribution in [2.75, 3.05) is 19.8 Å². The minimum absolute atomic E-state index is 0.145. The first-order valence-electron chi connectivity index (χ1n) is 28.5. The van der Waals surface area contributed by atoms with Gasteiger partial charge in [-0.2, -0.15) is 0 Å². The van der Waals surface area contributed by atoms with E-state index in [1.54, 1.807) is 0 Å². The van der Waals surface area contributed by atoms with Gasteiger partial charge in [0.1, 0.15) is 12.7 Å². The standard InChI is InChI=1S/C59H104NO10P/c1-3-5-7-9-11-13-15-17-19-21-23-25-27-29-30-32-34-36-38-40-42-44-46-48-50-57(62)60-56(59(64)65)54-70-71(66,67)69-53-55(61)52-68-58(63)51-49-47-45-43-41-39-37-35-33-31-28-26-24-22-20-18-16-14-12-10-8-6-4-2/h6,8,12,14,18,20,24,26,31,33,37,39,55-56,61H,3-5,7,9-11,13,15-17,19,21-23,25,27-30,32,34-36,38,40-54H2,1-2H3,(H,60,62)(H,64,65)(H,66,67)/b8-6-,14-12-,20-18-,26-24-,33-31-,39-37-. The van der Waals surface area contributed by atoms with Crippen LogP contribution in [0.5, 0.6) is 0 Å². The summed E-state index contributed by atoms with van der Waals surface area (Å²) in [6.45, 7) is 2.50. The Morgan fingerprint density at radius 2 is 0.817 bits per heavy atom. The van der Waals surface area contributed by atoms with Gasteiger partial charge in [-0.1, -0.05) is 247 Å². The fourth-order valence-corrected chi connectivity index (χ4v) is 8.68. The summed E-state index contributed by atoms with van der Waals surface area (Å²) in [5.41, 5.74) is 0. The molecule has 0 fully saturated rings. The second-order valence-corrected chi connectivity index (χ2v) is 20.6. The van der Waals surface area contributed by atoms with Gasteiger partial charge in [0, 0.05) is 12.8 Å². The highest BCUT2D eigenvalue weighted by molar-refractivity contribution is 7.47. The van der Waals surface area contributed by atoms with Crippen molar-refractivity contribution < 1.29 is 47.8 Å². The lowest BCUT2D eigenvalue weighted by atomic mass is 10.0. The lowest BCUT2D eigenvalue weighted by molar-refractivity contribution is -0.147. The number of carboxylic acids is 1. The zero-order valence-corrected chi connectivity index (χ0v) is 45.9. The van der Waals surface area contributed by atoms with Crippen molar-refractivity contribution in [3.63, 3.8) is 0 Å². The highest BCUT2D eigenvalue weighted by atomic mass is 31.2. The third-order valence-electron chi connectivity index (χ3n) is 12.3. The number of hydrogen-bond donors (Lipinski definition) is 4. The Labute approximate surface area is 433 Å². The number of aliphatic hydroxyl groups is 1. The summed E-state index contributed by atoms with van der Waals surface area (Å²) in [5.74, 6) is -2.39. The van der Waals surface area contributed by atoms with Crippen molar-refractivity contribution in [1.82, 2.24) is 5.32 Å². The highest BCUT2D eigenvalue weighted by Crippen LogP contribution is 2.43. The number of carbonyl (C=O) groups excluding carboxylic acids is 2. The molecule has 0 aromatic carbocycles. The van der Waals surface area contributed by atoms with Gasteiger partial charge in [0.05, 0.1) is 13.2 Å². The molecule has 3 unspecified atom stereocenters. The largest absolute Gasteiger partial charge is 0.480 e. The van der Waals surface area contributed by atoms with Crippen molar-refractivity contribution in [3.05, 3.63) is 72.9 Å². The van der Waals surface area contributed by atoms with Crippen molar-refractivity contribution in [2.24, 2.45) is 0 Å². The van der Waals surface area contributed by atoms with Gasteiger partial charge in [-0.3, -0.25) is 18.6 Å². The zero-order valence-electron chi connectivity index (χ0n) is 45.0. The quantitative estimate of drug-likeness (QED) is 0.0199. The van der Waals surface area contributed by atoms with Crippen LogP contribution in [-0.4, -0.2) is 64.9 Å². The van der Waals surface area contributed by atoms with E-state index >= 15 is 0 Å². The fourth-order valence-electron chi connectivity index (χ4n) is 7.91. The van der Waals surface area contributed by atoms with E-state index in [9.17, 15) is 34.1 Å². The zero-order chi connectivity index (χ0) is 52.0. The third kappa shape index (κ3) is 53.0. The van der Waals surface area contributed by atoms with Crippen LogP contribution in [0.4, 0.5) is 0 Å². The Morgan fingerprint density at radius 1 is 0.465 bits per heavy atom. The molecule has 0 heterocycles. The predicted molar refractivity (Wildman–Crippen MR) is 295 cm³/mol. The van der Waals surface area contributed by atoms with Gasteiger partial charge in [0.25, 0.3) is 0 Å². The molecule has 4 N–H and O–H groups in total. The molecule has 0 aromatic rings. The molecule has 0 radical (unpaired) electrons. The van der Waals surface area contributed by atoms with E-state index in [1.165, 1.54) is 128 Å². The molecule has 0 aromatic heterocycles. The maximum Gasteiger partial charge on any atom is 0.472 e. The summed E-state index contributed by atoms with van der Waals surface area (Å²) in [6.07, 6.45) is 66.4. The number of carboxylic acid groups (broad SMARTS) is 1. The summed E-state index contributed by atoms with van der Waals surface area (Å²) >= 11 is 0. The number of rotatable bonds is 53. The first-order valence-corrected chi connectivity index (χ1v) is 30.0. The lowest BCUT2D eigenvalue weighted by Gasteiger charge is -2.18. The fraction of sp³-hybridized carbons (Fsp3) is 0.746. The Hall–Kier alpha value is -3.08. The number of unbranched alkanes of at least 4 members (excludes halogenated alkanes) is 27. The smallest absolute Gasteiger partial charge is 0.472 e. The molecule has 71 heavy (non-hydrogen) atoms. The number of hydrogen-bond acceptors (Lipinski definition) is 8. The van der Waals surface area contributed by atoms with Crippen LogP contribution >= 0.6 is 7.82 Å². The van der Waals surface area contributed by atoms with Gasteiger partial charge < -0.3 is 25.2 Å². The van der Waals surface area contributed by atoms with Crippen LogP contribution in [0, 0.1) is 0 Å². The summed E-state index contributed by atoms with van der Waals surface area (Å²) < 4.78 is 27.0. The van der Waals surface area contributed by atoms with Crippen LogP contribution < -0.4 is 5.32 Å². The average molecular weight is 1020 g/mol.